The number of aliphatic hydroxyl groups excluding tert-OH is 1. The van der Waals surface area contributed by atoms with E-state index >= 15 is 0 Å². The van der Waals surface area contributed by atoms with Crippen molar-refractivity contribution in [2.24, 2.45) is 0 Å². The normalized spacial score (nSPS) is 17.3. The zero-order valence-electron chi connectivity index (χ0n) is 21.4. The van der Waals surface area contributed by atoms with E-state index in [1.165, 1.54) is 12.8 Å². The fourth-order valence-corrected chi connectivity index (χ4v) is 5.44. The van der Waals surface area contributed by atoms with Crippen LogP contribution in [0.2, 0.25) is 0 Å². The zero-order valence-corrected chi connectivity index (χ0v) is 21.4. The van der Waals surface area contributed by atoms with E-state index in [2.05, 4.69) is 41.3 Å². The van der Waals surface area contributed by atoms with Crippen molar-refractivity contribution in [2.45, 2.75) is 44.9 Å². The number of aromatic amines is 1. The Hall–Kier alpha value is -3.66. The van der Waals surface area contributed by atoms with Crippen LogP contribution in [0.5, 0.6) is 0 Å². The van der Waals surface area contributed by atoms with Crippen molar-refractivity contribution in [1.82, 2.24) is 30.0 Å². The Morgan fingerprint density at radius 2 is 1.79 bits per heavy atom. The summed E-state index contributed by atoms with van der Waals surface area (Å²) in [6, 6.07) is 11.9. The average molecular weight is 512 g/mol. The molecule has 4 aromatic rings. The van der Waals surface area contributed by atoms with Crippen LogP contribution in [0, 0.1) is 0 Å². The number of aromatic nitrogens is 4. The van der Waals surface area contributed by atoms with Crippen LogP contribution in [0.3, 0.4) is 0 Å². The van der Waals surface area contributed by atoms with Crippen molar-refractivity contribution in [3.8, 4) is 11.1 Å². The molecule has 0 radical (unpaired) electrons. The average Bonchev–Trinajstić information content (AvgIpc) is 3.60. The molecule has 2 saturated heterocycles. The van der Waals surface area contributed by atoms with Gasteiger partial charge in [0.05, 0.1) is 17.3 Å². The number of nitrogens with one attached hydrogen (secondary N) is 2. The number of benzene rings is 1. The molecule has 0 aliphatic carbocycles. The summed E-state index contributed by atoms with van der Waals surface area (Å²) in [5, 5.41) is 20.9. The number of nitrogens with zero attached hydrogens (tertiary/aromatic N) is 5. The second-order valence-electron chi connectivity index (χ2n) is 10.4. The Morgan fingerprint density at radius 1 is 0.974 bits per heavy atom. The minimum Gasteiger partial charge on any atom is -0.393 e. The number of H-pyrrole nitrogens is 1. The third-order valence-corrected chi connectivity index (χ3v) is 7.53. The van der Waals surface area contributed by atoms with Crippen molar-refractivity contribution in [2.75, 3.05) is 31.5 Å². The Balaban J connectivity index is 1.19. The molecule has 9 heteroatoms. The number of likely N-dealkylation sites (tertiary alicyclic amines) is 2. The quantitative estimate of drug-likeness (QED) is 0.346. The van der Waals surface area contributed by atoms with Gasteiger partial charge >= 0.3 is 0 Å². The van der Waals surface area contributed by atoms with Gasteiger partial charge in [-0.3, -0.25) is 29.7 Å². The third-order valence-electron chi connectivity index (χ3n) is 7.53. The molecule has 196 valence electrons. The molecular weight excluding hydrogens is 478 g/mol. The molecular formula is C29H33N7O2. The topological polar surface area (TPSA) is 110 Å². The molecule has 3 aromatic heterocycles. The van der Waals surface area contributed by atoms with Crippen LogP contribution >= 0.6 is 0 Å². The molecule has 0 saturated carbocycles. The molecule has 2 aliphatic heterocycles. The van der Waals surface area contributed by atoms with Crippen molar-refractivity contribution >= 4 is 22.5 Å². The van der Waals surface area contributed by atoms with Gasteiger partial charge in [-0.2, -0.15) is 5.10 Å². The number of anilines is 1. The lowest BCUT2D eigenvalue weighted by atomic mass is 10.0. The van der Waals surface area contributed by atoms with Crippen LogP contribution in [-0.2, 0) is 13.1 Å². The van der Waals surface area contributed by atoms with E-state index in [4.69, 9.17) is 0 Å². The molecule has 1 amide bonds. The first-order chi connectivity index (χ1) is 18.6. The number of carbonyl (C=O) groups excluding carboxylic acids is 1. The van der Waals surface area contributed by atoms with E-state index in [1.54, 1.807) is 6.20 Å². The molecule has 38 heavy (non-hydrogen) atoms. The molecule has 0 bridgehead atoms. The minimum atomic E-state index is -0.258. The first kappa shape index (κ1) is 24.7. The summed E-state index contributed by atoms with van der Waals surface area (Å²) in [6.45, 7) is 5.58. The molecule has 5 heterocycles. The van der Waals surface area contributed by atoms with Crippen LogP contribution in [0.15, 0.2) is 55.0 Å². The van der Waals surface area contributed by atoms with Gasteiger partial charge in [0.25, 0.3) is 5.91 Å². The number of piperidine rings is 1. The third kappa shape index (κ3) is 5.60. The van der Waals surface area contributed by atoms with Gasteiger partial charge in [-0.15, -0.1) is 0 Å². The van der Waals surface area contributed by atoms with Gasteiger partial charge in [-0.25, -0.2) is 0 Å². The van der Waals surface area contributed by atoms with E-state index in [1.807, 2.05) is 42.7 Å². The monoisotopic (exact) mass is 511 g/mol. The summed E-state index contributed by atoms with van der Waals surface area (Å²) in [7, 11) is 0. The number of hydrogen-bond acceptors (Lipinski definition) is 7. The van der Waals surface area contributed by atoms with Crippen molar-refractivity contribution < 1.29 is 9.90 Å². The lowest BCUT2D eigenvalue weighted by Gasteiger charge is -2.29. The molecule has 0 unspecified atom stereocenters. The van der Waals surface area contributed by atoms with Crippen molar-refractivity contribution in [3.63, 3.8) is 0 Å². The van der Waals surface area contributed by atoms with E-state index in [9.17, 15) is 9.90 Å². The van der Waals surface area contributed by atoms with Gasteiger partial charge in [0, 0.05) is 61.4 Å². The van der Waals surface area contributed by atoms with Gasteiger partial charge in [0.2, 0.25) is 0 Å². The molecule has 0 atom stereocenters. The maximum absolute atomic E-state index is 13.2. The largest absolute Gasteiger partial charge is 0.393 e. The molecule has 0 spiro atoms. The fraction of sp³-hybridized carbons (Fsp3) is 0.379. The SMILES string of the molecule is O=C(Nc1ccnc(CN2CCCC2)c1)c1n[nH]c2ccc(-c3cncc(CN4CCC(O)CC4)c3)cc12. The van der Waals surface area contributed by atoms with E-state index < -0.39 is 0 Å². The standard InChI is InChI=1S/C29H33N7O2/c37-25-6-11-36(12-7-25)18-20-13-22(17-30-16-20)21-3-4-27-26(14-21)28(34-33-27)29(38)32-23-5-8-31-24(15-23)19-35-9-1-2-10-35/h3-5,8,13-17,25,37H,1-2,6-7,9-12,18-19H2,(H,33,34)(H,31,32,38). The van der Waals surface area contributed by atoms with Crippen molar-refractivity contribution in [3.05, 3.63) is 71.9 Å². The number of hydrogen-bond donors (Lipinski definition) is 3. The van der Waals surface area contributed by atoms with E-state index in [0.29, 0.717) is 11.4 Å². The first-order valence-electron chi connectivity index (χ1n) is 13.4. The van der Waals surface area contributed by atoms with Crippen LogP contribution in [0.25, 0.3) is 22.0 Å². The molecule has 3 N–H and O–H groups in total. The summed E-state index contributed by atoms with van der Waals surface area (Å²) in [5.74, 6) is -0.258. The summed E-state index contributed by atoms with van der Waals surface area (Å²) in [4.78, 5) is 26.9. The molecule has 2 aliphatic rings. The first-order valence-corrected chi connectivity index (χ1v) is 13.4. The lowest BCUT2D eigenvalue weighted by Crippen LogP contribution is -2.35. The lowest BCUT2D eigenvalue weighted by molar-refractivity contribution is 0.0792. The van der Waals surface area contributed by atoms with Gasteiger partial charge in [-0.1, -0.05) is 6.07 Å². The number of pyridine rings is 2. The maximum atomic E-state index is 13.2. The highest BCUT2D eigenvalue weighted by molar-refractivity contribution is 6.11. The minimum absolute atomic E-state index is 0.181. The molecule has 1 aromatic carbocycles. The predicted octanol–water partition coefficient (Wildman–Crippen LogP) is 3.82. The summed E-state index contributed by atoms with van der Waals surface area (Å²) < 4.78 is 0. The Bertz CT molecular complexity index is 1420. The highest BCUT2D eigenvalue weighted by Crippen LogP contribution is 2.27. The maximum Gasteiger partial charge on any atom is 0.276 e. The predicted molar refractivity (Wildman–Crippen MR) is 147 cm³/mol. The van der Waals surface area contributed by atoms with E-state index in [-0.39, 0.29) is 12.0 Å². The van der Waals surface area contributed by atoms with Crippen LogP contribution in [0.4, 0.5) is 5.69 Å². The van der Waals surface area contributed by atoms with Crippen LogP contribution in [0.1, 0.15) is 47.4 Å². The van der Waals surface area contributed by atoms with E-state index in [0.717, 1.165) is 85.4 Å². The number of rotatable bonds is 7. The van der Waals surface area contributed by atoms with Crippen molar-refractivity contribution in [1.29, 1.82) is 0 Å². The van der Waals surface area contributed by atoms with Crippen LogP contribution < -0.4 is 5.32 Å². The second-order valence-corrected chi connectivity index (χ2v) is 10.4. The Morgan fingerprint density at radius 3 is 2.63 bits per heavy atom. The zero-order chi connectivity index (χ0) is 25.9. The van der Waals surface area contributed by atoms with Gasteiger partial charge < -0.3 is 10.4 Å². The fourth-order valence-electron chi connectivity index (χ4n) is 5.44. The van der Waals surface area contributed by atoms with Gasteiger partial charge in [0.1, 0.15) is 0 Å². The molecule has 2 fully saturated rings. The number of fused-ring (bicyclic) bond motifs is 1. The van der Waals surface area contributed by atoms with Gasteiger partial charge in [-0.05, 0) is 80.2 Å². The summed E-state index contributed by atoms with van der Waals surface area (Å²) in [5.41, 5.74) is 5.94. The number of amides is 1. The van der Waals surface area contributed by atoms with Gasteiger partial charge in [0.15, 0.2) is 5.69 Å². The summed E-state index contributed by atoms with van der Waals surface area (Å²) >= 11 is 0. The highest BCUT2D eigenvalue weighted by atomic mass is 16.3. The number of carbonyl (C=O) groups is 1. The highest BCUT2D eigenvalue weighted by Gasteiger charge is 2.19. The Kier molecular flexibility index (Phi) is 7.13. The summed E-state index contributed by atoms with van der Waals surface area (Å²) in [6.07, 6.45) is 9.40. The molecule has 9 nitrogen and oxygen atoms in total. The smallest absolute Gasteiger partial charge is 0.276 e. The Labute approximate surface area is 221 Å². The van der Waals surface area contributed by atoms with Crippen LogP contribution in [-0.4, -0.2) is 73.3 Å². The number of aliphatic hydroxyl groups is 1. The second kappa shape index (κ2) is 11.0. The molecule has 6 rings (SSSR count).